The molecule has 4 aromatic heterocycles. The summed E-state index contributed by atoms with van der Waals surface area (Å²) in [6, 6.07) is 63.6. The first kappa shape index (κ1) is 31.9. The summed E-state index contributed by atoms with van der Waals surface area (Å²) in [4.78, 5) is 15.4. The largest absolute Gasteiger partial charge is 0.456 e. The Morgan fingerprint density at radius 2 is 1.04 bits per heavy atom. The van der Waals surface area contributed by atoms with Gasteiger partial charge < -0.3 is 8.98 Å². The lowest BCUT2D eigenvalue weighted by Crippen LogP contribution is -2.00. The van der Waals surface area contributed by atoms with Gasteiger partial charge in [-0.05, 0) is 41.5 Å². The van der Waals surface area contributed by atoms with Crippen molar-refractivity contribution in [3.8, 4) is 51.0 Å². The molecule has 8 aromatic carbocycles. The quantitative estimate of drug-likeness (QED) is 0.176. The molecular weight excluding hydrogens is 717 g/mol. The fourth-order valence-corrected chi connectivity index (χ4v) is 9.74. The molecule has 57 heavy (non-hydrogen) atoms. The molecule has 0 saturated carbocycles. The van der Waals surface area contributed by atoms with Crippen LogP contribution in [0, 0.1) is 0 Å². The SMILES string of the molecule is c1ccc(-c2cc(-n3c4ccccc4c4ccc5c6ccccc6sc5c43)c3c(c2)oc2cccc(-c4nc(-c5ccccc5)nc(-c5ccccc5)n4)c23)cc1. The van der Waals surface area contributed by atoms with Crippen LogP contribution >= 0.6 is 11.3 Å². The van der Waals surface area contributed by atoms with Crippen LogP contribution in [0.2, 0.25) is 0 Å². The summed E-state index contributed by atoms with van der Waals surface area (Å²) in [7, 11) is 0. The van der Waals surface area contributed by atoms with Gasteiger partial charge in [0.2, 0.25) is 0 Å². The smallest absolute Gasteiger partial charge is 0.164 e. The first-order valence-corrected chi connectivity index (χ1v) is 19.8. The van der Waals surface area contributed by atoms with Gasteiger partial charge in [-0.3, -0.25) is 0 Å². The minimum Gasteiger partial charge on any atom is -0.456 e. The van der Waals surface area contributed by atoms with Crippen molar-refractivity contribution in [1.29, 1.82) is 0 Å². The van der Waals surface area contributed by atoms with Crippen molar-refractivity contribution in [2.75, 3.05) is 0 Å². The molecule has 0 unspecified atom stereocenters. The Morgan fingerprint density at radius 3 is 1.77 bits per heavy atom. The number of para-hydroxylation sites is 1. The van der Waals surface area contributed by atoms with Gasteiger partial charge in [-0.15, -0.1) is 11.3 Å². The predicted octanol–water partition coefficient (Wildman–Crippen LogP) is 13.9. The van der Waals surface area contributed by atoms with Crippen LogP contribution < -0.4 is 0 Å². The predicted molar refractivity (Wildman–Crippen MR) is 236 cm³/mol. The number of hydrogen-bond donors (Lipinski definition) is 0. The number of benzene rings is 8. The highest BCUT2D eigenvalue weighted by molar-refractivity contribution is 7.26. The second-order valence-electron chi connectivity index (χ2n) is 14.3. The number of aromatic nitrogens is 4. The summed E-state index contributed by atoms with van der Waals surface area (Å²) in [5.74, 6) is 1.82. The van der Waals surface area contributed by atoms with Gasteiger partial charge in [-0.25, -0.2) is 15.0 Å². The van der Waals surface area contributed by atoms with Crippen LogP contribution in [0.3, 0.4) is 0 Å². The summed E-state index contributed by atoms with van der Waals surface area (Å²) in [6.07, 6.45) is 0. The first-order valence-electron chi connectivity index (χ1n) is 19.0. The van der Waals surface area contributed by atoms with Crippen LogP contribution in [-0.4, -0.2) is 19.5 Å². The molecule has 12 aromatic rings. The molecular formula is C51H30N4OS. The standard InChI is InChI=1S/C51H30N4OS/c1-4-15-31(16-5-1)34-29-41(55-40-24-12-10-21-35(40)37-27-28-38-36-22-11-13-26-44(36)57-48(38)47(37)55)46-43(30-34)56-42-25-14-23-39(45(42)46)51-53-49(32-17-6-2-7-18-32)52-50(54-51)33-19-8-3-9-20-33/h1-30H. The number of rotatable bonds is 5. The number of hydrogen-bond acceptors (Lipinski definition) is 5. The summed E-state index contributed by atoms with van der Waals surface area (Å²) in [5.41, 5.74) is 9.84. The second-order valence-corrected chi connectivity index (χ2v) is 15.4. The minimum absolute atomic E-state index is 0.586. The maximum Gasteiger partial charge on any atom is 0.164 e. The zero-order valence-electron chi connectivity index (χ0n) is 30.4. The Balaban J connectivity index is 1.23. The molecule has 12 rings (SSSR count). The Bertz CT molecular complexity index is 3460. The fraction of sp³-hybridized carbons (Fsp3) is 0. The molecule has 266 valence electrons. The molecule has 0 N–H and O–H groups in total. The van der Waals surface area contributed by atoms with Crippen LogP contribution in [0.1, 0.15) is 0 Å². The zero-order chi connectivity index (χ0) is 37.5. The van der Waals surface area contributed by atoms with Crippen molar-refractivity contribution in [3.05, 3.63) is 182 Å². The topological polar surface area (TPSA) is 56.7 Å². The van der Waals surface area contributed by atoms with Gasteiger partial charge in [0.05, 0.1) is 26.8 Å². The van der Waals surface area contributed by atoms with Crippen LogP contribution in [0.5, 0.6) is 0 Å². The minimum atomic E-state index is 0.586. The maximum absolute atomic E-state index is 6.92. The molecule has 0 saturated heterocycles. The third-order valence-electron chi connectivity index (χ3n) is 11.0. The highest BCUT2D eigenvalue weighted by Crippen LogP contribution is 2.47. The van der Waals surface area contributed by atoms with E-state index >= 15 is 0 Å². The number of furan rings is 1. The van der Waals surface area contributed by atoms with E-state index in [1.54, 1.807) is 0 Å². The molecule has 0 spiro atoms. The van der Waals surface area contributed by atoms with Gasteiger partial charge in [0.25, 0.3) is 0 Å². The Hall–Kier alpha value is -7.41. The average Bonchev–Trinajstić information content (AvgIpc) is 3.97. The van der Waals surface area contributed by atoms with Crippen LogP contribution in [0.4, 0.5) is 0 Å². The summed E-state index contributed by atoms with van der Waals surface area (Å²) < 4.78 is 11.9. The molecule has 5 nitrogen and oxygen atoms in total. The Labute approximate surface area is 330 Å². The van der Waals surface area contributed by atoms with Gasteiger partial charge in [-0.2, -0.15) is 0 Å². The van der Waals surface area contributed by atoms with Gasteiger partial charge in [0.1, 0.15) is 11.2 Å². The first-order chi connectivity index (χ1) is 28.3. The molecule has 0 fully saturated rings. The van der Waals surface area contributed by atoms with Crippen molar-refractivity contribution in [2.24, 2.45) is 0 Å². The lowest BCUT2D eigenvalue weighted by atomic mass is 9.99. The summed E-state index contributed by atoms with van der Waals surface area (Å²) >= 11 is 1.85. The van der Waals surface area contributed by atoms with Gasteiger partial charge in [0, 0.05) is 48.3 Å². The van der Waals surface area contributed by atoms with E-state index in [0.29, 0.717) is 17.5 Å². The lowest BCUT2D eigenvalue weighted by Gasteiger charge is -2.14. The van der Waals surface area contributed by atoms with E-state index in [-0.39, 0.29) is 0 Å². The molecule has 0 radical (unpaired) electrons. The van der Waals surface area contributed by atoms with Crippen molar-refractivity contribution in [2.45, 2.75) is 0 Å². The van der Waals surface area contributed by atoms with E-state index in [2.05, 4.69) is 120 Å². The van der Waals surface area contributed by atoms with E-state index in [4.69, 9.17) is 19.4 Å². The van der Waals surface area contributed by atoms with Gasteiger partial charge in [-0.1, -0.05) is 152 Å². The highest BCUT2D eigenvalue weighted by atomic mass is 32.1. The molecule has 6 heteroatoms. The van der Waals surface area contributed by atoms with E-state index < -0.39 is 0 Å². The van der Waals surface area contributed by atoms with E-state index in [1.165, 1.54) is 36.5 Å². The number of nitrogens with zero attached hydrogens (tertiary/aromatic N) is 4. The Morgan fingerprint density at radius 1 is 0.421 bits per heavy atom. The molecule has 0 atom stereocenters. The highest BCUT2D eigenvalue weighted by Gasteiger charge is 2.25. The molecule has 0 aliphatic heterocycles. The van der Waals surface area contributed by atoms with Crippen LogP contribution in [0.25, 0.3) is 115 Å². The van der Waals surface area contributed by atoms with Crippen molar-refractivity contribution in [3.63, 3.8) is 0 Å². The van der Waals surface area contributed by atoms with Crippen molar-refractivity contribution >= 4 is 75.3 Å². The van der Waals surface area contributed by atoms with Gasteiger partial charge >= 0.3 is 0 Å². The van der Waals surface area contributed by atoms with E-state index in [9.17, 15) is 0 Å². The number of thiophene rings is 1. The Kier molecular flexibility index (Phi) is 7.03. The summed E-state index contributed by atoms with van der Waals surface area (Å²) in [6.45, 7) is 0. The molecule has 4 heterocycles. The van der Waals surface area contributed by atoms with E-state index in [0.717, 1.165) is 61.0 Å². The van der Waals surface area contributed by atoms with Crippen LogP contribution in [0.15, 0.2) is 186 Å². The molecule has 0 bridgehead atoms. The summed E-state index contributed by atoms with van der Waals surface area (Å²) in [5, 5.41) is 6.91. The average molecular weight is 747 g/mol. The van der Waals surface area contributed by atoms with Crippen LogP contribution in [-0.2, 0) is 0 Å². The normalized spacial score (nSPS) is 11.9. The fourth-order valence-electron chi connectivity index (χ4n) is 8.50. The van der Waals surface area contributed by atoms with Crippen molar-refractivity contribution in [1.82, 2.24) is 19.5 Å². The van der Waals surface area contributed by atoms with Crippen molar-refractivity contribution < 1.29 is 4.42 Å². The zero-order valence-corrected chi connectivity index (χ0v) is 31.2. The second kappa shape index (κ2) is 12.6. The van der Waals surface area contributed by atoms with Gasteiger partial charge in [0.15, 0.2) is 17.5 Å². The van der Waals surface area contributed by atoms with E-state index in [1.807, 2.05) is 78.1 Å². The number of fused-ring (bicyclic) bond motifs is 10. The lowest BCUT2D eigenvalue weighted by molar-refractivity contribution is 0.669. The third-order valence-corrected chi connectivity index (χ3v) is 12.2. The molecule has 0 aliphatic carbocycles. The third kappa shape index (κ3) is 4.98. The monoisotopic (exact) mass is 746 g/mol. The molecule has 0 aliphatic rings. The maximum atomic E-state index is 6.92. The molecule has 0 amide bonds.